The minimum absolute atomic E-state index is 0.00120. The molecular formula is C11H20N2O. The lowest BCUT2D eigenvalue weighted by atomic mass is 10.1. The van der Waals surface area contributed by atoms with Gasteiger partial charge in [0.1, 0.15) is 6.04 Å². The van der Waals surface area contributed by atoms with Gasteiger partial charge in [-0.2, -0.15) is 5.26 Å². The molecule has 0 aliphatic heterocycles. The number of carbonyl (C=O) groups is 1. The molecule has 3 nitrogen and oxygen atoms in total. The van der Waals surface area contributed by atoms with E-state index in [2.05, 4.69) is 18.3 Å². The molecule has 0 heterocycles. The summed E-state index contributed by atoms with van der Waals surface area (Å²) in [5.41, 5.74) is 0. The maximum Gasteiger partial charge on any atom is 0.221 e. The first-order valence-electron chi connectivity index (χ1n) is 5.30. The van der Waals surface area contributed by atoms with Gasteiger partial charge in [-0.3, -0.25) is 4.79 Å². The van der Waals surface area contributed by atoms with Crippen molar-refractivity contribution < 1.29 is 4.79 Å². The maximum atomic E-state index is 11.3. The zero-order valence-corrected chi connectivity index (χ0v) is 9.34. The van der Waals surface area contributed by atoms with Crippen LogP contribution in [0.5, 0.6) is 0 Å². The normalized spacial score (nSPS) is 12.2. The SMILES string of the molecule is CCCCCC(=O)NC(C#N)C(C)C. The molecular weight excluding hydrogens is 176 g/mol. The van der Waals surface area contributed by atoms with Crippen molar-refractivity contribution in [3.05, 3.63) is 0 Å². The van der Waals surface area contributed by atoms with E-state index in [1.165, 1.54) is 0 Å². The highest BCUT2D eigenvalue weighted by atomic mass is 16.1. The number of carbonyl (C=O) groups excluding carboxylic acids is 1. The molecule has 0 saturated heterocycles. The largest absolute Gasteiger partial charge is 0.340 e. The van der Waals surface area contributed by atoms with Gasteiger partial charge in [0.2, 0.25) is 5.91 Å². The molecule has 1 atom stereocenters. The molecule has 0 aliphatic carbocycles. The van der Waals surface area contributed by atoms with Crippen LogP contribution in [0.1, 0.15) is 46.5 Å². The monoisotopic (exact) mass is 196 g/mol. The second kappa shape index (κ2) is 7.37. The first kappa shape index (κ1) is 13.0. The Kier molecular flexibility index (Phi) is 6.82. The highest BCUT2D eigenvalue weighted by Gasteiger charge is 2.14. The third-order valence-corrected chi connectivity index (χ3v) is 2.13. The van der Waals surface area contributed by atoms with Crippen LogP contribution >= 0.6 is 0 Å². The number of amides is 1. The first-order valence-corrected chi connectivity index (χ1v) is 5.30. The average molecular weight is 196 g/mol. The van der Waals surface area contributed by atoms with Crippen molar-refractivity contribution in [3.63, 3.8) is 0 Å². The Morgan fingerprint density at radius 2 is 2.07 bits per heavy atom. The van der Waals surface area contributed by atoms with Gasteiger partial charge in [-0.1, -0.05) is 33.6 Å². The second-order valence-corrected chi connectivity index (χ2v) is 3.88. The molecule has 0 radical (unpaired) electrons. The minimum atomic E-state index is -0.343. The Hall–Kier alpha value is -1.04. The van der Waals surface area contributed by atoms with E-state index in [-0.39, 0.29) is 17.9 Å². The Morgan fingerprint density at radius 1 is 1.43 bits per heavy atom. The van der Waals surface area contributed by atoms with Crippen LogP contribution in [0.25, 0.3) is 0 Å². The molecule has 80 valence electrons. The van der Waals surface area contributed by atoms with Gasteiger partial charge in [0, 0.05) is 6.42 Å². The predicted octanol–water partition coefficient (Wildman–Crippen LogP) is 2.23. The van der Waals surface area contributed by atoms with Crippen LogP contribution in [0.4, 0.5) is 0 Å². The molecule has 1 amide bonds. The summed E-state index contributed by atoms with van der Waals surface area (Å²) >= 11 is 0. The zero-order valence-electron chi connectivity index (χ0n) is 9.34. The standard InChI is InChI=1S/C11H20N2O/c1-4-5-6-7-11(14)13-10(8-12)9(2)3/h9-10H,4-7H2,1-3H3,(H,13,14). The van der Waals surface area contributed by atoms with Crippen molar-refractivity contribution in [1.82, 2.24) is 5.32 Å². The highest BCUT2D eigenvalue weighted by Crippen LogP contribution is 2.02. The van der Waals surface area contributed by atoms with Gasteiger partial charge < -0.3 is 5.32 Å². The third kappa shape index (κ3) is 5.58. The number of nitriles is 1. The van der Waals surface area contributed by atoms with Gasteiger partial charge in [0.15, 0.2) is 0 Å². The molecule has 0 fully saturated rings. The Morgan fingerprint density at radius 3 is 2.50 bits per heavy atom. The molecule has 0 spiro atoms. The van der Waals surface area contributed by atoms with Gasteiger partial charge in [-0.15, -0.1) is 0 Å². The van der Waals surface area contributed by atoms with Gasteiger partial charge in [-0.25, -0.2) is 0 Å². The van der Waals surface area contributed by atoms with E-state index < -0.39 is 0 Å². The van der Waals surface area contributed by atoms with Crippen molar-refractivity contribution in [1.29, 1.82) is 5.26 Å². The van der Waals surface area contributed by atoms with Crippen LogP contribution in [0.2, 0.25) is 0 Å². The number of unbranched alkanes of at least 4 members (excludes halogenated alkanes) is 2. The summed E-state index contributed by atoms with van der Waals surface area (Å²) in [6.45, 7) is 5.96. The Bertz CT molecular complexity index is 206. The van der Waals surface area contributed by atoms with E-state index in [1.807, 2.05) is 13.8 Å². The summed E-state index contributed by atoms with van der Waals surface area (Å²) in [7, 11) is 0. The van der Waals surface area contributed by atoms with E-state index in [4.69, 9.17) is 5.26 Å². The third-order valence-electron chi connectivity index (χ3n) is 2.13. The number of hydrogen-bond donors (Lipinski definition) is 1. The lowest BCUT2D eigenvalue weighted by Gasteiger charge is -2.14. The quantitative estimate of drug-likeness (QED) is 0.662. The first-order chi connectivity index (χ1) is 6.61. The smallest absolute Gasteiger partial charge is 0.221 e. The molecule has 1 N–H and O–H groups in total. The summed E-state index contributed by atoms with van der Waals surface area (Å²) < 4.78 is 0. The topological polar surface area (TPSA) is 52.9 Å². The summed E-state index contributed by atoms with van der Waals surface area (Å²) in [4.78, 5) is 11.3. The van der Waals surface area contributed by atoms with E-state index >= 15 is 0 Å². The summed E-state index contributed by atoms with van der Waals surface area (Å²) in [6.07, 6.45) is 3.64. The molecule has 1 unspecified atom stereocenters. The molecule has 14 heavy (non-hydrogen) atoms. The van der Waals surface area contributed by atoms with E-state index in [1.54, 1.807) is 0 Å². The molecule has 0 rings (SSSR count). The van der Waals surface area contributed by atoms with Crippen LogP contribution < -0.4 is 5.32 Å². The fourth-order valence-corrected chi connectivity index (χ4v) is 1.13. The molecule has 0 aromatic heterocycles. The number of hydrogen-bond acceptors (Lipinski definition) is 2. The molecule has 3 heteroatoms. The molecule has 0 saturated carbocycles. The molecule has 0 aliphatic rings. The number of nitrogens with one attached hydrogen (secondary N) is 1. The number of rotatable bonds is 6. The summed E-state index contributed by atoms with van der Waals surface area (Å²) in [5.74, 6) is 0.175. The molecule has 0 aromatic rings. The molecule has 0 bridgehead atoms. The van der Waals surface area contributed by atoms with Crippen molar-refractivity contribution in [2.24, 2.45) is 5.92 Å². The van der Waals surface area contributed by atoms with Gasteiger partial charge in [0.25, 0.3) is 0 Å². The van der Waals surface area contributed by atoms with Crippen molar-refractivity contribution in [2.45, 2.75) is 52.5 Å². The lowest BCUT2D eigenvalue weighted by molar-refractivity contribution is -0.121. The van der Waals surface area contributed by atoms with Crippen LogP contribution in [-0.4, -0.2) is 11.9 Å². The highest BCUT2D eigenvalue weighted by molar-refractivity contribution is 5.76. The number of nitrogens with zero attached hydrogens (tertiary/aromatic N) is 1. The Balaban J connectivity index is 3.75. The minimum Gasteiger partial charge on any atom is -0.340 e. The van der Waals surface area contributed by atoms with Crippen molar-refractivity contribution in [3.8, 4) is 6.07 Å². The van der Waals surface area contributed by atoms with Crippen LogP contribution in [0, 0.1) is 17.2 Å². The summed E-state index contributed by atoms with van der Waals surface area (Å²) in [6, 6.07) is 1.75. The van der Waals surface area contributed by atoms with Gasteiger partial charge in [-0.05, 0) is 12.3 Å². The zero-order chi connectivity index (χ0) is 11.0. The van der Waals surface area contributed by atoms with Gasteiger partial charge in [0.05, 0.1) is 6.07 Å². The van der Waals surface area contributed by atoms with Crippen LogP contribution in [0.15, 0.2) is 0 Å². The fraction of sp³-hybridized carbons (Fsp3) is 0.818. The summed E-state index contributed by atoms with van der Waals surface area (Å²) in [5, 5.41) is 11.5. The van der Waals surface area contributed by atoms with Crippen molar-refractivity contribution in [2.75, 3.05) is 0 Å². The maximum absolute atomic E-state index is 11.3. The van der Waals surface area contributed by atoms with Crippen molar-refractivity contribution >= 4 is 5.91 Å². The lowest BCUT2D eigenvalue weighted by Crippen LogP contribution is -2.37. The second-order valence-electron chi connectivity index (χ2n) is 3.88. The Labute approximate surface area is 86.5 Å². The van der Waals surface area contributed by atoms with E-state index in [0.717, 1.165) is 19.3 Å². The average Bonchev–Trinajstić information content (AvgIpc) is 2.14. The fourth-order valence-electron chi connectivity index (χ4n) is 1.13. The van der Waals surface area contributed by atoms with E-state index in [0.29, 0.717) is 6.42 Å². The van der Waals surface area contributed by atoms with Gasteiger partial charge >= 0.3 is 0 Å². The van der Waals surface area contributed by atoms with Crippen LogP contribution in [-0.2, 0) is 4.79 Å². The predicted molar refractivity (Wildman–Crippen MR) is 56.5 cm³/mol. The van der Waals surface area contributed by atoms with Crippen LogP contribution in [0.3, 0.4) is 0 Å². The molecule has 0 aromatic carbocycles. The van der Waals surface area contributed by atoms with E-state index in [9.17, 15) is 4.79 Å².